The van der Waals surface area contributed by atoms with E-state index in [4.69, 9.17) is 5.73 Å². The van der Waals surface area contributed by atoms with Crippen LogP contribution >= 0.6 is 27.3 Å². The highest BCUT2D eigenvalue weighted by Gasteiger charge is 2.08. The van der Waals surface area contributed by atoms with Gasteiger partial charge in [0.2, 0.25) is 0 Å². The van der Waals surface area contributed by atoms with Gasteiger partial charge < -0.3 is 10.8 Å². The molecule has 1 atom stereocenters. The van der Waals surface area contributed by atoms with Gasteiger partial charge in [-0.25, -0.2) is 0 Å². The quantitative estimate of drug-likeness (QED) is 0.838. The van der Waals surface area contributed by atoms with Crippen LogP contribution in [0.25, 0.3) is 0 Å². The van der Waals surface area contributed by atoms with Crippen molar-refractivity contribution in [1.29, 1.82) is 0 Å². The van der Waals surface area contributed by atoms with Gasteiger partial charge in [0, 0.05) is 18.0 Å². The monoisotopic (exact) mass is 292 g/mol. The number of hydrogen-bond donors (Lipinski definition) is 2. The SMILES string of the molecule is CN(Cc1ccc(Br)s1)CC(O)CCN. The molecule has 0 aliphatic carbocycles. The number of aliphatic hydroxyl groups excluding tert-OH is 1. The molecular weight excluding hydrogens is 276 g/mol. The lowest BCUT2D eigenvalue weighted by Gasteiger charge is -2.19. The number of thiophene rings is 1. The first-order chi connectivity index (χ1) is 7.11. The molecule has 15 heavy (non-hydrogen) atoms. The summed E-state index contributed by atoms with van der Waals surface area (Å²) in [7, 11) is 2.01. The predicted molar refractivity (Wildman–Crippen MR) is 68.0 cm³/mol. The molecule has 0 aliphatic rings. The van der Waals surface area contributed by atoms with Crippen molar-refractivity contribution in [3.63, 3.8) is 0 Å². The fraction of sp³-hybridized carbons (Fsp3) is 0.600. The molecule has 0 radical (unpaired) electrons. The number of nitrogens with zero attached hydrogens (tertiary/aromatic N) is 1. The molecule has 5 heteroatoms. The van der Waals surface area contributed by atoms with E-state index < -0.39 is 0 Å². The summed E-state index contributed by atoms with van der Waals surface area (Å²) in [5.41, 5.74) is 5.38. The van der Waals surface area contributed by atoms with Crippen LogP contribution in [-0.4, -0.2) is 36.2 Å². The topological polar surface area (TPSA) is 49.5 Å². The molecule has 1 rings (SSSR count). The molecule has 0 fully saturated rings. The molecule has 0 saturated heterocycles. The van der Waals surface area contributed by atoms with Crippen LogP contribution in [0, 0.1) is 0 Å². The molecule has 0 saturated carbocycles. The molecule has 1 unspecified atom stereocenters. The van der Waals surface area contributed by atoms with E-state index in [0.29, 0.717) is 19.5 Å². The van der Waals surface area contributed by atoms with E-state index in [1.807, 2.05) is 13.1 Å². The van der Waals surface area contributed by atoms with Crippen LogP contribution in [0.3, 0.4) is 0 Å². The summed E-state index contributed by atoms with van der Waals surface area (Å²) in [4.78, 5) is 3.41. The van der Waals surface area contributed by atoms with Crippen LogP contribution in [0.4, 0.5) is 0 Å². The molecule has 3 N–H and O–H groups in total. The Hall–Kier alpha value is 0.0600. The summed E-state index contributed by atoms with van der Waals surface area (Å²) in [5, 5.41) is 9.58. The lowest BCUT2D eigenvalue weighted by Crippen LogP contribution is -2.30. The Morgan fingerprint density at radius 2 is 2.33 bits per heavy atom. The lowest BCUT2D eigenvalue weighted by atomic mass is 10.2. The van der Waals surface area contributed by atoms with Crippen LogP contribution in [0.5, 0.6) is 0 Å². The summed E-state index contributed by atoms with van der Waals surface area (Å²) in [6, 6.07) is 4.14. The molecule has 0 aromatic carbocycles. The van der Waals surface area contributed by atoms with Crippen molar-refractivity contribution in [1.82, 2.24) is 4.90 Å². The highest BCUT2D eigenvalue weighted by atomic mass is 79.9. The van der Waals surface area contributed by atoms with E-state index in [1.165, 1.54) is 4.88 Å². The average Bonchev–Trinajstić information content (AvgIpc) is 2.51. The molecule has 0 aliphatic heterocycles. The van der Waals surface area contributed by atoms with E-state index in [2.05, 4.69) is 26.9 Å². The van der Waals surface area contributed by atoms with Gasteiger partial charge in [-0.2, -0.15) is 0 Å². The van der Waals surface area contributed by atoms with Crippen molar-refractivity contribution >= 4 is 27.3 Å². The fourth-order valence-electron chi connectivity index (χ4n) is 1.41. The van der Waals surface area contributed by atoms with Crippen LogP contribution in [0.1, 0.15) is 11.3 Å². The third-order valence-corrected chi connectivity index (χ3v) is 3.69. The molecular formula is C10H17BrN2OS. The van der Waals surface area contributed by atoms with Crippen molar-refractivity contribution in [2.75, 3.05) is 20.1 Å². The molecule has 86 valence electrons. The summed E-state index contributed by atoms with van der Waals surface area (Å²) >= 11 is 5.16. The Balaban J connectivity index is 2.32. The Morgan fingerprint density at radius 1 is 1.60 bits per heavy atom. The summed E-state index contributed by atoms with van der Waals surface area (Å²) in [6.07, 6.45) is 0.349. The van der Waals surface area contributed by atoms with Crippen molar-refractivity contribution < 1.29 is 5.11 Å². The zero-order valence-electron chi connectivity index (χ0n) is 8.82. The second kappa shape index (κ2) is 6.60. The van der Waals surface area contributed by atoms with Crippen LogP contribution < -0.4 is 5.73 Å². The number of halogens is 1. The van der Waals surface area contributed by atoms with Crippen LogP contribution in [-0.2, 0) is 6.54 Å². The van der Waals surface area contributed by atoms with Gasteiger partial charge in [0.15, 0.2) is 0 Å². The van der Waals surface area contributed by atoms with E-state index in [0.717, 1.165) is 10.3 Å². The first kappa shape index (κ1) is 13.1. The Bertz CT molecular complexity index is 293. The van der Waals surface area contributed by atoms with Gasteiger partial charge in [0.25, 0.3) is 0 Å². The molecule has 0 spiro atoms. The minimum Gasteiger partial charge on any atom is -0.392 e. The number of nitrogens with two attached hydrogens (primary N) is 1. The second-order valence-electron chi connectivity index (χ2n) is 3.63. The number of aliphatic hydroxyl groups is 1. The molecule has 3 nitrogen and oxygen atoms in total. The van der Waals surface area contributed by atoms with Crippen molar-refractivity contribution in [2.45, 2.75) is 19.1 Å². The maximum Gasteiger partial charge on any atom is 0.0701 e. The average molecular weight is 293 g/mol. The largest absolute Gasteiger partial charge is 0.392 e. The Morgan fingerprint density at radius 3 is 2.87 bits per heavy atom. The van der Waals surface area contributed by atoms with Crippen molar-refractivity contribution in [3.05, 3.63) is 20.8 Å². The van der Waals surface area contributed by atoms with E-state index >= 15 is 0 Å². The van der Waals surface area contributed by atoms with Gasteiger partial charge in [-0.15, -0.1) is 11.3 Å². The van der Waals surface area contributed by atoms with Crippen molar-refractivity contribution in [2.24, 2.45) is 5.73 Å². The number of rotatable bonds is 6. The predicted octanol–water partition coefficient (Wildman–Crippen LogP) is 1.65. The third kappa shape index (κ3) is 5.08. The van der Waals surface area contributed by atoms with E-state index in [9.17, 15) is 5.11 Å². The molecule has 0 amide bonds. The van der Waals surface area contributed by atoms with Crippen LogP contribution in [0.2, 0.25) is 0 Å². The zero-order chi connectivity index (χ0) is 11.3. The first-order valence-corrected chi connectivity index (χ1v) is 6.53. The normalized spacial score (nSPS) is 13.4. The van der Waals surface area contributed by atoms with Crippen LogP contribution in [0.15, 0.2) is 15.9 Å². The number of likely N-dealkylation sites (N-methyl/N-ethyl adjacent to an activating group) is 1. The molecule has 1 heterocycles. The highest BCUT2D eigenvalue weighted by molar-refractivity contribution is 9.11. The summed E-state index contributed by atoms with van der Waals surface area (Å²) < 4.78 is 1.15. The first-order valence-electron chi connectivity index (χ1n) is 4.92. The highest BCUT2D eigenvalue weighted by Crippen LogP contribution is 2.22. The van der Waals surface area contributed by atoms with Gasteiger partial charge in [-0.05, 0) is 48.1 Å². The summed E-state index contributed by atoms with van der Waals surface area (Å²) in [6.45, 7) is 2.09. The van der Waals surface area contributed by atoms with E-state index in [1.54, 1.807) is 11.3 Å². The lowest BCUT2D eigenvalue weighted by molar-refractivity contribution is 0.117. The second-order valence-corrected chi connectivity index (χ2v) is 6.18. The Kier molecular flexibility index (Phi) is 5.78. The smallest absolute Gasteiger partial charge is 0.0701 e. The van der Waals surface area contributed by atoms with Gasteiger partial charge in [0.1, 0.15) is 0 Å². The van der Waals surface area contributed by atoms with Crippen molar-refractivity contribution in [3.8, 4) is 0 Å². The van der Waals surface area contributed by atoms with Gasteiger partial charge in [-0.1, -0.05) is 0 Å². The standard InChI is InChI=1S/C10H17BrN2OS/c1-13(6-8(14)4-5-12)7-9-2-3-10(11)15-9/h2-3,8,14H,4-7,12H2,1H3. The molecule has 1 aromatic rings. The minimum atomic E-state index is -0.316. The van der Waals surface area contributed by atoms with E-state index in [-0.39, 0.29) is 6.10 Å². The fourth-order valence-corrected chi connectivity index (χ4v) is 2.97. The van der Waals surface area contributed by atoms with Gasteiger partial charge >= 0.3 is 0 Å². The Labute approximate surface area is 103 Å². The maximum absolute atomic E-state index is 9.58. The number of hydrogen-bond acceptors (Lipinski definition) is 4. The van der Waals surface area contributed by atoms with Gasteiger partial charge in [0.05, 0.1) is 9.89 Å². The molecule has 1 aromatic heterocycles. The third-order valence-electron chi connectivity index (χ3n) is 2.08. The maximum atomic E-state index is 9.58. The summed E-state index contributed by atoms with van der Waals surface area (Å²) in [5.74, 6) is 0. The minimum absolute atomic E-state index is 0.316. The zero-order valence-corrected chi connectivity index (χ0v) is 11.2. The molecule has 0 bridgehead atoms. The van der Waals surface area contributed by atoms with Gasteiger partial charge in [-0.3, -0.25) is 4.90 Å².